The van der Waals surface area contributed by atoms with E-state index < -0.39 is 23.3 Å². The molecule has 1 saturated carbocycles. The number of benzene rings is 2. The van der Waals surface area contributed by atoms with Crippen molar-refractivity contribution in [2.24, 2.45) is 0 Å². The van der Waals surface area contributed by atoms with Gasteiger partial charge in [0, 0.05) is 56.1 Å². The highest BCUT2D eigenvalue weighted by Gasteiger charge is 2.37. The van der Waals surface area contributed by atoms with Crippen LogP contribution in [0.25, 0.3) is 11.0 Å². The molecule has 1 aliphatic carbocycles. The zero-order chi connectivity index (χ0) is 32.6. The smallest absolute Gasteiger partial charge is 0.410 e. The second-order valence-corrected chi connectivity index (χ2v) is 13.9. The number of amides is 2. The van der Waals surface area contributed by atoms with Crippen molar-refractivity contribution in [1.82, 2.24) is 14.5 Å². The van der Waals surface area contributed by atoms with E-state index in [1.165, 1.54) is 6.07 Å². The van der Waals surface area contributed by atoms with Crippen LogP contribution >= 0.6 is 0 Å². The fraction of sp³-hybridized carbons (Fsp3) is 0.571. The predicted molar refractivity (Wildman–Crippen MR) is 173 cm³/mol. The van der Waals surface area contributed by atoms with Crippen LogP contribution < -0.4 is 10.2 Å². The van der Waals surface area contributed by atoms with E-state index in [9.17, 15) is 18.4 Å². The second-order valence-electron chi connectivity index (χ2n) is 13.9. The summed E-state index contributed by atoms with van der Waals surface area (Å²) >= 11 is 0. The lowest BCUT2D eigenvalue weighted by Gasteiger charge is -2.37. The minimum Gasteiger partial charge on any atom is -0.444 e. The Morgan fingerprint density at radius 1 is 0.957 bits per heavy atom. The average Bonchev–Trinajstić information content (AvgIpc) is 3.40. The molecule has 0 radical (unpaired) electrons. The molecule has 1 atom stereocenters. The highest BCUT2D eigenvalue weighted by molar-refractivity contribution is 5.95. The molecular weight excluding hydrogens is 592 g/mol. The average molecular weight is 638 g/mol. The number of hydrogen-bond donors (Lipinski definition) is 1. The first-order valence-corrected chi connectivity index (χ1v) is 16.6. The molecule has 2 aromatic carbocycles. The third-order valence-corrected chi connectivity index (χ3v) is 9.50. The van der Waals surface area contributed by atoms with E-state index in [2.05, 4.69) is 28.1 Å². The van der Waals surface area contributed by atoms with Gasteiger partial charge in [0.2, 0.25) is 5.91 Å². The summed E-state index contributed by atoms with van der Waals surface area (Å²) in [5, 5.41) is 3.65. The summed E-state index contributed by atoms with van der Waals surface area (Å²) in [6.45, 7) is 6.86. The molecule has 1 N–H and O–H groups in total. The predicted octanol–water partition coefficient (Wildman–Crippen LogP) is 7.51. The Labute approximate surface area is 269 Å². The summed E-state index contributed by atoms with van der Waals surface area (Å²) in [5.41, 5.74) is 2.58. The number of fused-ring (bicyclic) bond motifs is 1. The number of methoxy groups -OCH3 is 1. The van der Waals surface area contributed by atoms with Gasteiger partial charge >= 0.3 is 6.09 Å². The number of halogens is 2. The van der Waals surface area contributed by atoms with Crippen molar-refractivity contribution in [2.45, 2.75) is 108 Å². The van der Waals surface area contributed by atoms with Gasteiger partial charge in [-0.25, -0.2) is 18.6 Å². The van der Waals surface area contributed by atoms with Crippen molar-refractivity contribution in [2.75, 3.05) is 30.4 Å². The topological polar surface area (TPSA) is 88.9 Å². The largest absolute Gasteiger partial charge is 0.444 e. The van der Waals surface area contributed by atoms with Crippen LogP contribution in [0, 0.1) is 11.6 Å². The number of nitrogens with one attached hydrogen (secondary N) is 1. The van der Waals surface area contributed by atoms with Crippen molar-refractivity contribution >= 4 is 34.4 Å². The summed E-state index contributed by atoms with van der Waals surface area (Å²) < 4.78 is 41.7. The lowest BCUT2D eigenvalue weighted by molar-refractivity contribution is -0.120. The van der Waals surface area contributed by atoms with Crippen LogP contribution in [0.1, 0.15) is 96.5 Å². The number of nitrogens with zero attached hydrogens (tertiary/aromatic N) is 4. The first kappa shape index (κ1) is 32.2. The van der Waals surface area contributed by atoms with Crippen molar-refractivity contribution in [1.29, 1.82) is 0 Å². The van der Waals surface area contributed by atoms with Gasteiger partial charge in [0.1, 0.15) is 11.4 Å². The number of carbonyl (C=O) groups excluding carboxylic acids is 2. The summed E-state index contributed by atoms with van der Waals surface area (Å²) in [7, 11) is 1.76. The quantitative estimate of drug-likeness (QED) is 0.301. The number of carbonyl (C=O) groups is 2. The van der Waals surface area contributed by atoms with E-state index in [0.717, 1.165) is 73.2 Å². The number of hydrogen-bond acceptors (Lipinski definition) is 6. The molecule has 6 rings (SSSR count). The van der Waals surface area contributed by atoms with Crippen LogP contribution in [-0.4, -0.2) is 64.4 Å². The van der Waals surface area contributed by atoms with Gasteiger partial charge in [-0.2, -0.15) is 0 Å². The van der Waals surface area contributed by atoms with Crippen LogP contribution in [0.5, 0.6) is 0 Å². The van der Waals surface area contributed by atoms with E-state index in [4.69, 9.17) is 14.5 Å². The molecule has 3 aliphatic rings. The van der Waals surface area contributed by atoms with E-state index in [0.29, 0.717) is 38.0 Å². The van der Waals surface area contributed by atoms with E-state index in [-0.39, 0.29) is 30.2 Å². The first-order valence-electron chi connectivity index (χ1n) is 16.6. The van der Waals surface area contributed by atoms with Crippen molar-refractivity contribution in [3.63, 3.8) is 0 Å². The molecule has 2 aliphatic heterocycles. The van der Waals surface area contributed by atoms with E-state index >= 15 is 0 Å². The van der Waals surface area contributed by atoms with Crippen molar-refractivity contribution in [3.8, 4) is 0 Å². The second kappa shape index (κ2) is 13.2. The SMILES string of the molecule is COC1CCC(n2c([C@@H]3CCCC(=O)N3c3ccc(F)c(F)c3)nc3cc(NC4CCN(C(=O)OC(C)(C)C)CC4)ccc32)CC1. The number of piperidine rings is 2. The summed E-state index contributed by atoms with van der Waals surface area (Å²) in [6.07, 6.45) is 6.94. The van der Waals surface area contributed by atoms with Gasteiger partial charge < -0.3 is 29.2 Å². The maximum Gasteiger partial charge on any atom is 0.410 e. The zero-order valence-electron chi connectivity index (χ0n) is 27.2. The molecule has 3 fully saturated rings. The highest BCUT2D eigenvalue weighted by Crippen LogP contribution is 2.41. The van der Waals surface area contributed by atoms with Gasteiger partial charge in [-0.3, -0.25) is 4.79 Å². The number of rotatable bonds is 6. The molecule has 2 amide bonds. The van der Waals surface area contributed by atoms with Gasteiger partial charge in [-0.15, -0.1) is 0 Å². The monoisotopic (exact) mass is 637 g/mol. The molecule has 9 nitrogen and oxygen atoms in total. The third-order valence-electron chi connectivity index (χ3n) is 9.50. The number of imidazole rings is 1. The third kappa shape index (κ3) is 6.84. The lowest BCUT2D eigenvalue weighted by atomic mass is 9.92. The molecule has 0 spiro atoms. The van der Waals surface area contributed by atoms with Gasteiger partial charge in [-0.05, 0) is 102 Å². The van der Waals surface area contributed by atoms with Crippen molar-refractivity contribution < 1.29 is 27.8 Å². The van der Waals surface area contributed by atoms with Crippen LogP contribution in [0.4, 0.5) is 25.0 Å². The van der Waals surface area contributed by atoms with Crippen LogP contribution in [-0.2, 0) is 14.3 Å². The van der Waals surface area contributed by atoms with Crippen LogP contribution in [0.2, 0.25) is 0 Å². The maximum atomic E-state index is 14.4. The molecule has 3 aromatic rings. The van der Waals surface area contributed by atoms with Gasteiger partial charge in [0.15, 0.2) is 11.6 Å². The van der Waals surface area contributed by atoms with E-state index in [1.54, 1.807) is 16.9 Å². The number of ether oxygens (including phenoxy) is 2. The number of likely N-dealkylation sites (tertiary alicyclic amines) is 1. The Balaban J connectivity index is 1.29. The number of anilines is 2. The fourth-order valence-electron chi connectivity index (χ4n) is 7.21. The molecule has 0 bridgehead atoms. The Morgan fingerprint density at radius 2 is 1.70 bits per heavy atom. The van der Waals surface area contributed by atoms with Gasteiger partial charge in [-0.1, -0.05) is 0 Å². The van der Waals surface area contributed by atoms with Crippen LogP contribution in [0.15, 0.2) is 36.4 Å². The molecule has 1 aromatic heterocycles. The normalized spacial score (nSPS) is 23.2. The van der Waals surface area contributed by atoms with Crippen molar-refractivity contribution in [3.05, 3.63) is 53.9 Å². The summed E-state index contributed by atoms with van der Waals surface area (Å²) in [6, 6.07) is 9.85. The zero-order valence-corrected chi connectivity index (χ0v) is 27.2. The highest BCUT2D eigenvalue weighted by atomic mass is 19.2. The van der Waals surface area contributed by atoms with Gasteiger partial charge in [0.25, 0.3) is 0 Å². The fourth-order valence-corrected chi connectivity index (χ4v) is 7.21. The Hall–Kier alpha value is -3.73. The molecule has 2 saturated heterocycles. The Bertz CT molecular complexity index is 1570. The maximum absolute atomic E-state index is 14.4. The molecule has 11 heteroatoms. The standard InChI is InChI=1S/C35H45F2N5O4/c1-35(2,3)46-34(44)40-18-16-22(17-19-40)38-23-8-15-30-29(20-23)39-33(42(30)24-9-12-26(45-4)13-10-24)31-6-5-7-32(43)41(31)25-11-14-27(36)28(37)21-25/h8,11,14-15,20-22,24,26,31,38H,5-7,9-10,12-13,16-19H2,1-4H3/t24?,26?,31-/m0/s1. The van der Waals surface area contributed by atoms with E-state index in [1.807, 2.05) is 20.8 Å². The molecule has 46 heavy (non-hydrogen) atoms. The van der Waals surface area contributed by atoms with Crippen LogP contribution in [0.3, 0.4) is 0 Å². The van der Waals surface area contributed by atoms with Gasteiger partial charge in [0.05, 0.1) is 23.2 Å². The first-order chi connectivity index (χ1) is 22.0. The number of aromatic nitrogens is 2. The lowest BCUT2D eigenvalue weighted by Crippen LogP contribution is -2.44. The molecule has 3 heterocycles. The summed E-state index contributed by atoms with van der Waals surface area (Å²) in [5.74, 6) is -1.27. The minimum absolute atomic E-state index is 0.121. The Morgan fingerprint density at radius 3 is 2.37 bits per heavy atom. The Kier molecular flexibility index (Phi) is 9.23. The molecule has 248 valence electrons. The minimum atomic E-state index is -0.978. The molecule has 0 unspecified atom stereocenters. The molecular formula is C35H45F2N5O4. The summed E-state index contributed by atoms with van der Waals surface area (Å²) in [4.78, 5) is 34.5.